The van der Waals surface area contributed by atoms with Gasteiger partial charge in [0.15, 0.2) is 0 Å². The van der Waals surface area contributed by atoms with E-state index >= 15 is 0 Å². The molecule has 0 fully saturated rings. The predicted molar refractivity (Wildman–Crippen MR) is 118 cm³/mol. The van der Waals surface area contributed by atoms with Gasteiger partial charge in [-0.3, -0.25) is 4.79 Å². The SMILES string of the molecule is COc1ccccc1[C@H](NC(=O)c1cc(-c2ccccc2)oc1C)c1ccccc1. The molecule has 0 saturated carbocycles. The fourth-order valence-corrected chi connectivity index (χ4v) is 3.55. The van der Waals surface area contributed by atoms with Crippen LogP contribution in [-0.2, 0) is 0 Å². The van der Waals surface area contributed by atoms with Crippen molar-refractivity contribution in [3.05, 3.63) is 113 Å². The smallest absolute Gasteiger partial charge is 0.255 e. The lowest BCUT2D eigenvalue weighted by molar-refractivity contribution is 0.0941. The zero-order chi connectivity index (χ0) is 20.9. The first-order valence-corrected chi connectivity index (χ1v) is 9.82. The van der Waals surface area contributed by atoms with Crippen LogP contribution in [0.25, 0.3) is 11.3 Å². The zero-order valence-electron chi connectivity index (χ0n) is 17.0. The number of nitrogens with one attached hydrogen (secondary N) is 1. The Bertz CT molecular complexity index is 1130. The van der Waals surface area contributed by atoms with Crippen molar-refractivity contribution < 1.29 is 13.9 Å². The Balaban J connectivity index is 1.69. The third-order valence-electron chi connectivity index (χ3n) is 5.08. The second-order valence-electron chi connectivity index (χ2n) is 7.01. The number of hydrogen-bond acceptors (Lipinski definition) is 3. The van der Waals surface area contributed by atoms with Gasteiger partial charge in [-0.25, -0.2) is 0 Å². The molecule has 0 spiro atoms. The number of rotatable bonds is 6. The molecule has 1 aromatic heterocycles. The Hall–Kier alpha value is -3.79. The van der Waals surface area contributed by atoms with Gasteiger partial charge in [0.05, 0.1) is 18.7 Å². The van der Waals surface area contributed by atoms with Crippen molar-refractivity contribution in [1.29, 1.82) is 0 Å². The molecule has 30 heavy (non-hydrogen) atoms. The molecule has 1 N–H and O–H groups in total. The first kappa shape index (κ1) is 19.5. The maximum Gasteiger partial charge on any atom is 0.255 e. The molecule has 150 valence electrons. The molecule has 4 aromatic rings. The van der Waals surface area contributed by atoms with Gasteiger partial charge in [-0.15, -0.1) is 0 Å². The van der Waals surface area contributed by atoms with E-state index in [4.69, 9.17) is 9.15 Å². The molecule has 4 heteroatoms. The third kappa shape index (κ3) is 3.98. The number of amides is 1. The maximum atomic E-state index is 13.3. The number of benzene rings is 3. The average Bonchev–Trinajstić information content (AvgIpc) is 3.20. The lowest BCUT2D eigenvalue weighted by Gasteiger charge is -2.21. The Morgan fingerprint density at radius 1 is 0.900 bits per heavy atom. The van der Waals surface area contributed by atoms with Crippen LogP contribution >= 0.6 is 0 Å². The fourth-order valence-electron chi connectivity index (χ4n) is 3.55. The Kier molecular flexibility index (Phi) is 5.66. The average molecular weight is 397 g/mol. The van der Waals surface area contributed by atoms with E-state index in [0.29, 0.717) is 17.1 Å². The van der Waals surface area contributed by atoms with Gasteiger partial charge < -0.3 is 14.5 Å². The summed E-state index contributed by atoms with van der Waals surface area (Å²) in [5, 5.41) is 3.17. The molecule has 0 radical (unpaired) electrons. The van der Waals surface area contributed by atoms with Crippen LogP contribution in [0.2, 0.25) is 0 Å². The van der Waals surface area contributed by atoms with Gasteiger partial charge in [0.2, 0.25) is 0 Å². The van der Waals surface area contributed by atoms with Crippen LogP contribution in [0.4, 0.5) is 0 Å². The van der Waals surface area contributed by atoms with E-state index in [-0.39, 0.29) is 11.9 Å². The maximum absolute atomic E-state index is 13.3. The van der Waals surface area contributed by atoms with Gasteiger partial charge in [-0.1, -0.05) is 78.9 Å². The monoisotopic (exact) mass is 397 g/mol. The lowest BCUT2D eigenvalue weighted by atomic mass is 9.97. The number of aryl methyl sites for hydroxylation is 1. The first-order valence-electron chi connectivity index (χ1n) is 9.82. The quantitative estimate of drug-likeness (QED) is 0.448. The van der Waals surface area contributed by atoms with Crippen LogP contribution in [0.5, 0.6) is 5.75 Å². The third-order valence-corrected chi connectivity index (χ3v) is 5.08. The molecule has 4 nitrogen and oxygen atoms in total. The molecule has 4 rings (SSSR count). The molecular weight excluding hydrogens is 374 g/mol. The normalized spacial score (nSPS) is 11.7. The Morgan fingerprint density at radius 3 is 2.23 bits per heavy atom. The largest absolute Gasteiger partial charge is 0.496 e. The van der Waals surface area contributed by atoms with Crippen LogP contribution in [0, 0.1) is 6.92 Å². The van der Waals surface area contributed by atoms with E-state index in [1.165, 1.54) is 0 Å². The summed E-state index contributed by atoms with van der Waals surface area (Å²) < 4.78 is 11.4. The van der Waals surface area contributed by atoms with Crippen LogP contribution in [-0.4, -0.2) is 13.0 Å². The van der Waals surface area contributed by atoms with Crippen LogP contribution < -0.4 is 10.1 Å². The first-order chi connectivity index (χ1) is 14.7. The highest BCUT2D eigenvalue weighted by atomic mass is 16.5. The molecule has 1 atom stereocenters. The molecule has 1 amide bonds. The molecule has 1 heterocycles. The second kappa shape index (κ2) is 8.70. The topological polar surface area (TPSA) is 51.5 Å². The van der Waals surface area contributed by atoms with Gasteiger partial charge in [0, 0.05) is 11.1 Å². The molecular formula is C26H23NO3. The van der Waals surface area contributed by atoms with Crippen molar-refractivity contribution in [3.8, 4) is 17.1 Å². The molecule has 0 bridgehead atoms. The van der Waals surface area contributed by atoms with E-state index in [2.05, 4.69) is 5.32 Å². The van der Waals surface area contributed by atoms with Gasteiger partial charge in [-0.2, -0.15) is 0 Å². The predicted octanol–water partition coefficient (Wildman–Crippen LogP) is 5.78. The van der Waals surface area contributed by atoms with Crippen molar-refractivity contribution in [2.45, 2.75) is 13.0 Å². The van der Waals surface area contributed by atoms with E-state index < -0.39 is 0 Å². The van der Waals surface area contributed by atoms with E-state index in [1.54, 1.807) is 13.2 Å². The number of carbonyl (C=O) groups excluding carboxylic acids is 1. The number of ether oxygens (including phenoxy) is 1. The minimum Gasteiger partial charge on any atom is -0.496 e. The van der Waals surface area contributed by atoms with E-state index in [1.807, 2.05) is 91.9 Å². The summed E-state index contributed by atoms with van der Waals surface area (Å²) in [5.74, 6) is 1.78. The standard InChI is InChI=1S/C26H23NO3/c1-18-22(17-24(30-18)19-11-5-3-6-12-19)26(28)27-25(20-13-7-4-8-14-20)21-15-9-10-16-23(21)29-2/h3-17,25H,1-2H3,(H,27,28)/t25-/m1/s1. The zero-order valence-corrected chi connectivity index (χ0v) is 17.0. The molecule has 3 aromatic carbocycles. The molecule has 0 aliphatic heterocycles. The van der Waals surface area contributed by atoms with Crippen LogP contribution in [0.15, 0.2) is 95.4 Å². The summed E-state index contributed by atoms with van der Waals surface area (Å²) in [7, 11) is 1.63. The summed E-state index contributed by atoms with van der Waals surface area (Å²) in [6.45, 7) is 1.81. The number of methoxy groups -OCH3 is 1. The number of furan rings is 1. The summed E-state index contributed by atoms with van der Waals surface area (Å²) in [6.07, 6.45) is 0. The lowest BCUT2D eigenvalue weighted by Crippen LogP contribution is -2.29. The van der Waals surface area contributed by atoms with Crippen molar-refractivity contribution in [3.63, 3.8) is 0 Å². The van der Waals surface area contributed by atoms with Crippen LogP contribution in [0.1, 0.15) is 33.3 Å². The minimum atomic E-state index is -0.357. The second-order valence-corrected chi connectivity index (χ2v) is 7.01. The summed E-state index contributed by atoms with van der Waals surface area (Å²) >= 11 is 0. The summed E-state index contributed by atoms with van der Waals surface area (Å²) in [6, 6.07) is 28.8. The van der Waals surface area contributed by atoms with Gasteiger partial charge in [-0.05, 0) is 24.6 Å². The Labute approximate surface area is 176 Å². The van der Waals surface area contributed by atoms with Crippen LogP contribution in [0.3, 0.4) is 0 Å². The molecule has 0 saturated heterocycles. The molecule has 0 aliphatic carbocycles. The number of hydrogen-bond donors (Lipinski definition) is 1. The van der Waals surface area contributed by atoms with Crippen molar-refractivity contribution >= 4 is 5.91 Å². The van der Waals surface area contributed by atoms with E-state index in [9.17, 15) is 4.79 Å². The molecule has 0 unspecified atom stereocenters. The van der Waals surface area contributed by atoms with E-state index in [0.717, 1.165) is 22.4 Å². The Morgan fingerprint density at radius 2 is 1.53 bits per heavy atom. The van der Waals surface area contributed by atoms with Gasteiger partial charge in [0.25, 0.3) is 5.91 Å². The number of carbonyl (C=O) groups is 1. The van der Waals surface area contributed by atoms with Gasteiger partial charge >= 0.3 is 0 Å². The highest BCUT2D eigenvalue weighted by molar-refractivity contribution is 5.96. The van der Waals surface area contributed by atoms with Crippen molar-refractivity contribution in [2.24, 2.45) is 0 Å². The van der Waals surface area contributed by atoms with Crippen molar-refractivity contribution in [2.75, 3.05) is 7.11 Å². The number of para-hydroxylation sites is 1. The molecule has 0 aliphatic rings. The van der Waals surface area contributed by atoms with Crippen molar-refractivity contribution in [1.82, 2.24) is 5.32 Å². The summed E-state index contributed by atoms with van der Waals surface area (Å²) in [5.41, 5.74) is 3.32. The minimum absolute atomic E-state index is 0.196. The fraction of sp³-hybridized carbons (Fsp3) is 0.115. The highest BCUT2D eigenvalue weighted by Gasteiger charge is 2.23. The summed E-state index contributed by atoms with van der Waals surface area (Å²) in [4.78, 5) is 13.3. The highest BCUT2D eigenvalue weighted by Crippen LogP contribution is 2.31. The van der Waals surface area contributed by atoms with Gasteiger partial charge in [0.1, 0.15) is 17.3 Å².